The first kappa shape index (κ1) is 18.1. The fourth-order valence-electron chi connectivity index (χ4n) is 1.64. The van der Waals surface area contributed by atoms with Crippen LogP contribution < -0.4 is 10.9 Å². The minimum absolute atomic E-state index is 0.0627. The van der Waals surface area contributed by atoms with E-state index in [1.54, 1.807) is 11.8 Å². The summed E-state index contributed by atoms with van der Waals surface area (Å²) in [4.78, 5) is 24.6. The Morgan fingerprint density at radius 2 is 1.91 bits per heavy atom. The number of thioether (sulfide) groups is 1. The molecular formula is C14H12Cl3N3O2S. The molecule has 1 amide bonds. The van der Waals surface area contributed by atoms with Crippen molar-refractivity contribution in [2.45, 2.75) is 11.4 Å². The number of hydrogen-bond donors (Lipinski definition) is 1. The lowest BCUT2D eigenvalue weighted by Gasteiger charge is -2.07. The van der Waals surface area contributed by atoms with E-state index in [0.29, 0.717) is 17.3 Å². The molecule has 0 spiro atoms. The van der Waals surface area contributed by atoms with Gasteiger partial charge in [-0.1, -0.05) is 34.8 Å². The zero-order chi connectivity index (χ0) is 16.8. The van der Waals surface area contributed by atoms with Crippen LogP contribution in [0.4, 0.5) is 0 Å². The molecule has 1 aromatic heterocycles. The maximum Gasteiger partial charge on any atom is 0.287 e. The lowest BCUT2D eigenvalue weighted by Crippen LogP contribution is -2.34. The van der Waals surface area contributed by atoms with E-state index >= 15 is 0 Å². The van der Waals surface area contributed by atoms with E-state index in [4.69, 9.17) is 34.8 Å². The lowest BCUT2D eigenvalue weighted by molar-refractivity contribution is -0.121. The Morgan fingerprint density at radius 3 is 2.61 bits per heavy atom. The first-order valence-corrected chi connectivity index (χ1v) is 8.65. The molecule has 1 heterocycles. The Hall–Kier alpha value is -1.21. The molecule has 0 aliphatic rings. The average molecular weight is 393 g/mol. The van der Waals surface area contributed by atoms with Gasteiger partial charge in [0.2, 0.25) is 5.91 Å². The summed E-state index contributed by atoms with van der Waals surface area (Å²) in [6.07, 6.45) is 1.23. The number of hydrogen-bond acceptors (Lipinski definition) is 4. The van der Waals surface area contributed by atoms with Crippen LogP contribution in [-0.4, -0.2) is 28.0 Å². The minimum atomic E-state index is -0.593. The van der Waals surface area contributed by atoms with Crippen LogP contribution in [0.1, 0.15) is 0 Å². The summed E-state index contributed by atoms with van der Waals surface area (Å²) in [5, 5.41) is 7.08. The van der Waals surface area contributed by atoms with Crippen molar-refractivity contribution in [3.63, 3.8) is 0 Å². The highest BCUT2D eigenvalue weighted by Crippen LogP contribution is 2.19. The van der Waals surface area contributed by atoms with Gasteiger partial charge in [0.15, 0.2) is 0 Å². The number of carbonyl (C=O) groups excluding carboxylic acids is 1. The van der Waals surface area contributed by atoms with Crippen molar-refractivity contribution in [1.29, 1.82) is 0 Å². The highest BCUT2D eigenvalue weighted by Gasteiger charge is 2.10. The molecule has 0 radical (unpaired) electrons. The minimum Gasteiger partial charge on any atom is -0.354 e. The van der Waals surface area contributed by atoms with E-state index in [1.165, 1.54) is 6.20 Å². The first-order chi connectivity index (χ1) is 11.0. The third kappa shape index (κ3) is 5.42. The van der Waals surface area contributed by atoms with Crippen molar-refractivity contribution >= 4 is 52.5 Å². The highest BCUT2D eigenvalue weighted by molar-refractivity contribution is 7.99. The predicted molar refractivity (Wildman–Crippen MR) is 93.7 cm³/mol. The Bertz CT molecular complexity index is 750. The molecule has 0 atom stereocenters. The van der Waals surface area contributed by atoms with Crippen LogP contribution >= 0.6 is 46.6 Å². The fourth-order valence-corrected chi connectivity index (χ4v) is 2.80. The summed E-state index contributed by atoms with van der Waals surface area (Å²) in [5.41, 5.74) is -0.593. The molecule has 0 saturated heterocycles. The summed E-state index contributed by atoms with van der Waals surface area (Å²) in [6, 6.07) is 7.44. The molecule has 0 unspecified atom stereocenters. The molecule has 1 aromatic carbocycles. The maximum absolute atomic E-state index is 11.8. The number of nitrogens with one attached hydrogen (secondary N) is 1. The molecule has 1 N–H and O–H groups in total. The standard InChI is InChI=1S/C14H12Cl3N3O2S/c15-9-1-3-10(4-2-9)23-6-5-18-12(21)8-20-14(22)13(17)11(16)7-19-20/h1-4,7H,5-6,8H2,(H,18,21). The Labute approximate surface area is 151 Å². The number of amides is 1. The third-order valence-electron chi connectivity index (χ3n) is 2.74. The summed E-state index contributed by atoms with van der Waals surface area (Å²) < 4.78 is 0.968. The normalized spacial score (nSPS) is 10.6. The van der Waals surface area contributed by atoms with Gasteiger partial charge in [0.05, 0.1) is 11.2 Å². The van der Waals surface area contributed by atoms with Crippen molar-refractivity contribution in [2.24, 2.45) is 0 Å². The number of nitrogens with zero attached hydrogens (tertiary/aromatic N) is 2. The quantitative estimate of drug-likeness (QED) is 0.606. The molecule has 122 valence electrons. The number of halogens is 3. The number of carbonyl (C=O) groups is 1. The van der Waals surface area contributed by atoms with Gasteiger partial charge in [-0.15, -0.1) is 11.8 Å². The second-order valence-electron chi connectivity index (χ2n) is 4.42. The first-order valence-electron chi connectivity index (χ1n) is 6.53. The highest BCUT2D eigenvalue weighted by atomic mass is 35.5. The molecule has 0 saturated carbocycles. The second-order valence-corrected chi connectivity index (χ2v) is 6.81. The van der Waals surface area contributed by atoms with E-state index in [2.05, 4.69) is 10.4 Å². The van der Waals surface area contributed by atoms with Crippen LogP contribution in [0, 0.1) is 0 Å². The zero-order valence-corrected chi connectivity index (χ0v) is 14.8. The Morgan fingerprint density at radius 1 is 1.22 bits per heavy atom. The van der Waals surface area contributed by atoms with E-state index in [9.17, 15) is 9.59 Å². The smallest absolute Gasteiger partial charge is 0.287 e. The summed E-state index contributed by atoms with van der Waals surface area (Å²) in [6.45, 7) is 0.254. The van der Waals surface area contributed by atoms with Crippen molar-refractivity contribution < 1.29 is 4.79 Å². The van der Waals surface area contributed by atoms with Crippen molar-refractivity contribution in [3.05, 3.63) is 55.9 Å². The fraction of sp³-hybridized carbons (Fsp3) is 0.214. The molecule has 2 aromatic rings. The summed E-state index contributed by atoms with van der Waals surface area (Å²) in [5.74, 6) is 0.367. The molecule has 9 heteroatoms. The Kier molecular flexibility index (Phi) is 6.77. The van der Waals surface area contributed by atoms with Crippen molar-refractivity contribution in [1.82, 2.24) is 15.1 Å². The van der Waals surface area contributed by atoms with Crippen LogP contribution in [0.2, 0.25) is 15.1 Å². The van der Waals surface area contributed by atoms with Gasteiger partial charge in [-0.3, -0.25) is 9.59 Å². The van der Waals surface area contributed by atoms with Crippen LogP contribution in [0.25, 0.3) is 0 Å². The number of rotatable bonds is 6. The van der Waals surface area contributed by atoms with Crippen molar-refractivity contribution in [3.8, 4) is 0 Å². The largest absolute Gasteiger partial charge is 0.354 e. The zero-order valence-electron chi connectivity index (χ0n) is 11.8. The summed E-state index contributed by atoms with van der Waals surface area (Å²) in [7, 11) is 0. The van der Waals surface area contributed by atoms with E-state index < -0.39 is 5.56 Å². The molecule has 2 rings (SSSR count). The molecular weight excluding hydrogens is 381 g/mol. The van der Waals surface area contributed by atoms with Crippen LogP contribution in [0.15, 0.2) is 40.2 Å². The van der Waals surface area contributed by atoms with E-state index in [-0.39, 0.29) is 22.5 Å². The molecule has 5 nitrogen and oxygen atoms in total. The second kappa shape index (κ2) is 8.59. The predicted octanol–water partition coefficient (Wildman–Crippen LogP) is 3.11. The molecule has 0 fully saturated rings. The lowest BCUT2D eigenvalue weighted by atomic mass is 10.4. The van der Waals surface area contributed by atoms with Gasteiger partial charge in [0.1, 0.15) is 11.6 Å². The van der Waals surface area contributed by atoms with Gasteiger partial charge < -0.3 is 5.32 Å². The van der Waals surface area contributed by atoms with Crippen molar-refractivity contribution in [2.75, 3.05) is 12.3 Å². The van der Waals surface area contributed by atoms with E-state index in [1.807, 2.05) is 24.3 Å². The van der Waals surface area contributed by atoms with Gasteiger partial charge >= 0.3 is 0 Å². The van der Waals surface area contributed by atoms with E-state index in [0.717, 1.165) is 9.58 Å². The van der Waals surface area contributed by atoms with Gasteiger partial charge in [-0.05, 0) is 24.3 Å². The SMILES string of the molecule is O=C(Cn1ncc(Cl)c(Cl)c1=O)NCCSc1ccc(Cl)cc1. The third-order valence-corrected chi connectivity index (χ3v) is 4.76. The Balaban J connectivity index is 1.78. The van der Waals surface area contributed by atoms with Crippen LogP contribution in [-0.2, 0) is 11.3 Å². The average Bonchev–Trinajstić information content (AvgIpc) is 2.54. The molecule has 0 bridgehead atoms. The van der Waals surface area contributed by atoms with Crippen LogP contribution in [0.3, 0.4) is 0 Å². The monoisotopic (exact) mass is 391 g/mol. The number of benzene rings is 1. The molecule has 0 aliphatic carbocycles. The summed E-state index contributed by atoms with van der Waals surface area (Å²) >= 11 is 18.8. The van der Waals surface area contributed by atoms with Crippen LogP contribution in [0.5, 0.6) is 0 Å². The van der Waals surface area contributed by atoms with Gasteiger partial charge in [0.25, 0.3) is 5.56 Å². The molecule has 0 aliphatic heterocycles. The molecule has 23 heavy (non-hydrogen) atoms. The van der Waals surface area contributed by atoms with Gasteiger partial charge in [-0.2, -0.15) is 5.10 Å². The maximum atomic E-state index is 11.8. The van der Waals surface area contributed by atoms with Gasteiger partial charge in [-0.25, -0.2) is 4.68 Å². The number of aromatic nitrogens is 2. The van der Waals surface area contributed by atoms with Gasteiger partial charge in [0, 0.05) is 22.2 Å². The topological polar surface area (TPSA) is 64.0 Å².